The zero-order chi connectivity index (χ0) is 13.7. The first-order valence-corrected chi connectivity index (χ1v) is 6.95. The molecule has 0 saturated carbocycles. The molecule has 1 amide bonds. The number of nitrogens with two attached hydrogens (primary N) is 1. The van der Waals surface area contributed by atoms with Gasteiger partial charge in [-0.1, -0.05) is 0 Å². The lowest BCUT2D eigenvalue weighted by molar-refractivity contribution is 0.00764. The Bertz CT molecular complexity index is 414. The molecule has 0 bridgehead atoms. The van der Waals surface area contributed by atoms with Crippen molar-refractivity contribution < 1.29 is 13.9 Å². The smallest absolute Gasteiger partial charge is 0.289 e. The van der Waals surface area contributed by atoms with E-state index < -0.39 is 0 Å². The highest BCUT2D eigenvalue weighted by molar-refractivity contribution is 6.29. The lowest BCUT2D eigenvalue weighted by Gasteiger charge is -2.31. The Morgan fingerprint density at radius 1 is 1.47 bits per heavy atom. The van der Waals surface area contributed by atoms with E-state index in [0.29, 0.717) is 32.0 Å². The van der Waals surface area contributed by atoms with Crippen molar-refractivity contribution >= 4 is 17.5 Å². The van der Waals surface area contributed by atoms with Crippen molar-refractivity contribution in [1.82, 2.24) is 4.90 Å². The molecule has 1 saturated heterocycles. The van der Waals surface area contributed by atoms with E-state index >= 15 is 0 Å². The summed E-state index contributed by atoms with van der Waals surface area (Å²) in [5.74, 6) is 0.194. The summed E-state index contributed by atoms with van der Waals surface area (Å²) in [6.45, 7) is 2.72. The van der Waals surface area contributed by atoms with Crippen LogP contribution in [0.25, 0.3) is 0 Å². The number of carbonyl (C=O) groups excluding carboxylic acids is 1. The van der Waals surface area contributed by atoms with Gasteiger partial charge in [-0.2, -0.15) is 0 Å². The summed E-state index contributed by atoms with van der Waals surface area (Å²) in [5.41, 5.74) is 5.42. The number of hydrogen-bond acceptors (Lipinski definition) is 4. The second kappa shape index (κ2) is 6.93. The summed E-state index contributed by atoms with van der Waals surface area (Å²) in [4.78, 5) is 13.9. The van der Waals surface area contributed by atoms with Gasteiger partial charge in [-0.05, 0) is 49.5 Å². The van der Waals surface area contributed by atoms with Gasteiger partial charge in [-0.25, -0.2) is 0 Å². The first-order chi connectivity index (χ1) is 9.20. The second-order valence-corrected chi connectivity index (χ2v) is 4.98. The molecule has 0 atom stereocenters. The molecule has 2 heterocycles. The van der Waals surface area contributed by atoms with E-state index in [0.717, 1.165) is 19.3 Å². The van der Waals surface area contributed by atoms with Crippen LogP contribution in [0.1, 0.15) is 29.8 Å². The number of halogens is 1. The number of likely N-dealkylation sites (tertiary alicyclic amines) is 1. The molecule has 0 spiro atoms. The number of furan rings is 1. The van der Waals surface area contributed by atoms with E-state index in [-0.39, 0.29) is 17.2 Å². The van der Waals surface area contributed by atoms with Gasteiger partial charge in [0.25, 0.3) is 5.91 Å². The largest absolute Gasteiger partial charge is 0.440 e. The standard InChI is InChI=1S/C13H19ClN2O3/c14-12-3-2-11(19-12)13(17)16-7-4-10(5-8-16)18-9-1-6-15/h2-3,10H,1,4-9,15H2. The van der Waals surface area contributed by atoms with E-state index in [2.05, 4.69) is 0 Å². The van der Waals surface area contributed by atoms with Crippen molar-refractivity contribution in [2.24, 2.45) is 5.73 Å². The van der Waals surface area contributed by atoms with Crippen molar-refractivity contribution in [3.05, 3.63) is 23.1 Å². The Hall–Kier alpha value is -1.04. The maximum absolute atomic E-state index is 12.1. The van der Waals surface area contributed by atoms with Crippen molar-refractivity contribution in [1.29, 1.82) is 0 Å². The second-order valence-electron chi connectivity index (χ2n) is 4.61. The van der Waals surface area contributed by atoms with E-state index in [1.54, 1.807) is 17.0 Å². The summed E-state index contributed by atoms with van der Waals surface area (Å²) >= 11 is 5.67. The third kappa shape index (κ3) is 3.96. The summed E-state index contributed by atoms with van der Waals surface area (Å²) in [7, 11) is 0. The lowest BCUT2D eigenvalue weighted by atomic mass is 10.1. The van der Waals surface area contributed by atoms with E-state index in [1.807, 2.05) is 0 Å². The molecule has 2 rings (SSSR count). The molecule has 19 heavy (non-hydrogen) atoms. The predicted molar refractivity (Wildman–Crippen MR) is 72.3 cm³/mol. The van der Waals surface area contributed by atoms with Crippen LogP contribution in [-0.4, -0.2) is 43.2 Å². The van der Waals surface area contributed by atoms with Crippen LogP contribution in [0, 0.1) is 0 Å². The molecule has 1 aromatic rings. The Balaban J connectivity index is 1.78. The molecule has 6 heteroatoms. The minimum Gasteiger partial charge on any atom is -0.440 e. The van der Waals surface area contributed by atoms with Gasteiger partial charge in [-0.15, -0.1) is 0 Å². The highest BCUT2D eigenvalue weighted by atomic mass is 35.5. The number of piperidine rings is 1. The summed E-state index contributed by atoms with van der Waals surface area (Å²) < 4.78 is 10.8. The van der Waals surface area contributed by atoms with Gasteiger partial charge in [0.05, 0.1) is 6.10 Å². The zero-order valence-electron chi connectivity index (χ0n) is 10.8. The van der Waals surface area contributed by atoms with E-state index in [4.69, 9.17) is 26.5 Å². The topological polar surface area (TPSA) is 68.7 Å². The highest BCUT2D eigenvalue weighted by Gasteiger charge is 2.25. The molecule has 5 nitrogen and oxygen atoms in total. The van der Waals surface area contributed by atoms with Gasteiger partial charge in [0.1, 0.15) is 0 Å². The van der Waals surface area contributed by atoms with Crippen LogP contribution in [0.15, 0.2) is 16.5 Å². The monoisotopic (exact) mass is 286 g/mol. The predicted octanol–water partition coefficient (Wildman–Crippen LogP) is 1.90. The van der Waals surface area contributed by atoms with Gasteiger partial charge >= 0.3 is 0 Å². The third-order valence-corrected chi connectivity index (χ3v) is 3.42. The Morgan fingerprint density at radius 2 is 2.21 bits per heavy atom. The van der Waals surface area contributed by atoms with Crippen LogP contribution >= 0.6 is 11.6 Å². The lowest BCUT2D eigenvalue weighted by Crippen LogP contribution is -2.40. The Morgan fingerprint density at radius 3 is 2.79 bits per heavy atom. The number of nitrogens with zero attached hydrogens (tertiary/aromatic N) is 1. The van der Waals surface area contributed by atoms with Crippen molar-refractivity contribution in [3.63, 3.8) is 0 Å². The van der Waals surface area contributed by atoms with Crippen molar-refractivity contribution in [3.8, 4) is 0 Å². The molecule has 0 radical (unpaired) electrons. The number of rotatable bonds is 5. The summed E-state index contributed by atoms with van der Waals surface area (Å²) in [6.07, 6.45) is 2.82. The average Bonchev–Trinajstić information content (AvgIpc) is 2.86. The minimum atomic E-state index is -0.104. The zero-order valence-corrected chi connectivity index (χ0v) is 11.6. The maximum Gasteiger partial charge on any atom is 0.289 e. The quantitative estimate of drug-likeness (QED) is 0.840. The number of amides is 1. The van der Waals surface area contributed by atoms with Gasteiger partial charge in [-0.3, -0.25) is 4.79 Å². The fourth-order valence-electron chi connectivity index (χ4n) is 2.14. The molecular weight excluding hydrogens is 268 g/mol. The van der Waals surface area contributed by atoms with Crippen LogP contribution in [0.2, 0.25) is 5.22 Å². The molecule has 1 aliphatic heterocycles. The minimum absolute atomic E-state index is 0.104. The SMILES string of the molecule is NCCCOC1CCN(C(=O)c2ccc(Cl)o2)CC1. The van der Waals surface area contributed by atoms with Gasteiger partial charge in [0.2, 0.25) is 0 Å². The molecule has 0 unspecified atom stereocenters. The van der Waals surface area contributed by atoms with Gasteiger partial charge < -0.3 is 19.8 Å². The normalized spacial score (nSPS) is 16.8. The first kappa shape index (κ1) is 14.4. The van der Waals surface area contributed by atoms with Crippen LogP contribution < -0.4 is 5.73 Å². The van der Waals surface area contributed by atoms with Crippen LogP contribution in [-0.2, 0) is 4.74 Å². The molecule has 0 aromatic carbocycles. The molecule has 0 aliphatic carbocycles. The molecular formula is C13H19ClN2O3. The number of hydrogen-bond donors (Lipinski definition) is 1. The average molecular weight is 287 g/mol. The Labute approximate surface area is 117 Å². The van der Waals surface area contributed by atoms with Crippen LogP contribution in [0.4, 0.5) is 0 Å². The fourth-order valence-corrected chi connectivity index (χ4v) is 2.29. The molecule has 106 valence electrons. The molecule has 2 N–H and O–H groups in total. The highest BCUT2D eigenvalue weighted by Crippen LogP contribution is 2.19. The van der Waals surface area contributed by atoms with Crippen LogP contribution in [0.5, 0.6) is 0 Å². The summed E-state index contributed by atoms with van der Waals surface area (Å²) in [6, 6.07) is 3.19. The fraction of sp³-hybridized carbons (Fsp3) is 0.615. The Kier molecular flexibility index (Phi) is 5.24. The molecule has 1 aliphatic rings. The first-order valence-electron chi connectivity index (χ1n) is 6.57. The van der Waals surface area contributed by atoms with Gasteiger partial charge in [0, 0.05) is 19.7 Å². The van der Waals surface area contributed by atoms with Crippen molar-refractivity contribution in [2.75, 3.05) is 26.2 Å². The van der Waals surface area contributed by atoms with Gasteiger partial charge in [0.15, 0.2) is 11.0 Å². The summed E-state index contributed by atoms with van der Waals surface area (Å²) in [5, 5.41) is 0.239. The number of ether oxygens (including phenoxy) is 1. The van der Waals surface area contributed by atoms with E-state index in [1.165, 1.54) is 0 Å². The maximum atomic E-state index is 12.1. The van der Waals surface area contributed by atoms with Crippen LogP contribution in [0.3, 0.4) is 0 Å². The molecule has 1 aromatic heterocycles. The molecule has 1 fully saturated rings. The third-order valence-electron chi connectivity index (χ3n) is 3.22. The van der Waals surface area contributed by atoms with Crippen molar-refractivity contribution in [2.45, 2.75) is 25.4 Å². The number of carbonyl (C=O) groups is 1. The van der Waals surface area contributed by atoms with E-state index in [9.17, 15) is 4.79 Å².